The van der Waals surface area contributed by atoms with Crippen LogP contribution in [0.25, 0.3) is 26.7 Å². The van der Waals surface area contributed by atoms with Crippen LogP contribution in [0.2, 0.25) is 10.0 Å². The third-order valence-corrected chi connectivity index (χ3v) is 7.84. The molecule has 0 aliphatic rings. The summed E-state index contributed by atoms with van der Waals surface area (Å²) in [4.78, 5) is 12.1. The summed E-state index contributed by atoms with van der Waals surface area (Å²) in [5, 5.41) is 4.14. The predicted molar refractivity (Wildman–Crippen MR) is 128 cm³/mol. The Morgan fingerprint density at radius 2 is 1.74 bits per heavy atom. The van der Waals surface area contributed by atoms with Gasteiger partial charge < -0.3 is 0 Å². The Morgan fingerprint density at radius 1 is 1.03 bits per heavy atom. The van der Waals surface area contributed by atoms with E-state index in [0.29, 0.717) is 15.3 Å². The molecule has 1 N–H and O–H groups in total. The minimum atomic E-state index is -4.70. The van der Waals surface area contributed by atoms with Crippen LogP contribution in [-0.2, 0) is 21.0 Å². The van der Waals surface area contributed by atoms with Crippen LogP contribution >= 0.6 is 34.5 Å². The number of nitrogens with one attached hydrogen (secondary N) is 1. The Labute approximate surface area is 212 Å². The van der Waals surface area contributed by atoms with E-state index in [1.165, 1.54) is 36.4 Å². The molecule has 1 amide bonds. The van der Waals surface area contributed by atoms with Crippen LogP contribution in [0.3, 0.4) is 0 Å². The number of halogens is 5. The first kappa shape index (κ1) is 25.2. The van der Waals surface area contributed by atoms with Gasteiger partial charge in [0.1, 0.15) is 0 Å². The first-order valence-corrected chi connectivity index (χ1v) is 12.8. The highest BCUT2D eigenvalue weighted by molar-refractivity contribution is 7.90. The van der Waals surface area contributed by atoms with Gasteiger partial charge in [0.25, 0.3) is 10.0 Å². The molecule has 6 nitrogen and oxygen atoms in total. The Morgan fingerprint density at radius 3 is 2.43 bits per heavy atom. The Balaban J connectivity index is 1.81. The van der Waals surface area contributed by atoms with Crippen molar-refractivity contribution in [2.45, 2.75) is 18.0 Å². The molecule has 0 radical (unpaired) electrons. The number of sulfonamides is 1. The second-order valence-electron chi connectivity index (χ2n) is 7.27. The number of nitrogens with zero attached hydrogens (tertiary/aromatic N) is 2. The molecule has 0 unspecified atom stereocenters. The lowest BCUT2D eigenvalue weighted by Gasteiger charge is -2.09. The molecule has 0 saturated carbocycles. The summed E-state index contributed by atoms with van der Waals surface area (Å²) in [7, 11) is -4.06. The number of thiophene rings is 1. The standard InChI is InChI=1S/C22H14Cl2F3N3O3S2/c1-12(31)29-35(32,33)15-4-2-3-13(9-15)19-7-8-20(34-19)18-11-21(22(25,26)27)28-30(18)17-10-14(23)5-6-16(17)24/h2-11H,1H3,(H,29,31). The van der Waals surface area contributed by atoms with Gasteiger partial charge in [0.05, 0.1) is 26.2 Å². The van der Waals surface area contributed by atoms with Crippen LogP contribution in [0, 0.1) is 0 Å². The van der Waals surface area contributed by atoms with Gasteiger partial charge in [-0.1, -0.05) is 35.3 Å². The third kappa shape index (κ3) is 5.37. The number of aromatic nitrogens is 2. The fraction of sp³-hybridized carbons (Fsp3) is 0.0909. The highest BCUT2D eigenvalue weighted by Gasteiger charge is 2.35. The van der Waals surface area contributed by atoms with Crippen LogP contribution in [0.4, 0.5) is 13.2 Å². The topological polar surface area (TPSA) is 81.1 Å². The lowest BCUT2D eigenvalue weighted by molar-refractivity contribution is -0.141. The number of amides is 1. The van der Waals surface area contributed by atoms with Crippen LogP contribution in [0.1, 0.15) is 12.6 Å². The maximum Gasteiger partial charge on any atom is 0.435 e. The van der Waals surface area contributed by atoms with Crippen molar-refractivity contribution >= 4 is 50.5 Å². The largest absolute Gasteiger partial charge is 0.435 e. The smallest absolute Gasteiger partial charge is 0.274 e. The van der Waals surface area contributed by atoms with E-state index in [2.05, 4.69) is 5.10 Å². The van der Waals surface area contributed by atoms with E-state index in [-0.39, 0.29) is 26.3 Å². The second-order valence-corrected chi connectivity index (χ2v) is 10.9. The van der Waals surface area contributed by atoms with Crippen molar-refractivity contribution in [3.63, 3.8) is 0 Å². The van der Waals surface area contributed by atoms with Crippen LogP contribution in [0.15, 0.2) is 65.6 Å². The van der Waals surface area contributed by atoms with E-state index < -0.39 is 27.8 Å². The molecule has 13 heteroatoms. The monoisotopic (exact) mass is 559 g/mol. The van der Waals surface area contributed by atoms with Crippen molar-refractivity contribution in [2.75, 3.05) is 0 Å². The maximum absolute atomic E-state index is 13.5. The number of rotatable bonds is 5. The molecule has 2 aromatic carbocycles. The first-order valence-electron chi connectivity index (χ1n) is 9.72. The molecule has 0 aliphatic heterocycles. The van der Waals surface area contributed by atoms with E-state index >= 15 is 0 Å². The number of carbonyl (C=O) groups excluding carboxylic acids is 1. The molecule has 4 rings (SSSR count). The highest BCUT2D eigenvalue weighted by Crippen LogP contribution is 2.40. The average Bonchev–Trinajstić information content (AvgIpc) is 3.42. The number of benzene rings is 2. The normalized spacial score (nSPS) is 12.1. The summed E-state index contributed by atoms with van der Waals surface area (Å²) < 4.78 is 68.1. The predicted octanol–water partition coefficient (Wildman–Crippen LogP) is 6.42. The zero-order chi connectivity index (χ0) is 25.5. The van der Waals surface area contributed by atoms with Gasteiger partial charge in [-0.3, -0.25) is 4.79 Å². The summed E-state index contributed by atoms with van der Waals surface area (Å²) in [6, 6.07) is 14.4. The first-order chi connectivity index (χ1) is 16.3. The molecule has 2 heterocycles. The van der Waals surface area contributed by atoms with E-state index in [9.17, 15) is 26.4 Å². The van der Waals surface area contributed by atoms with Crippen LogP contribution < -0.4 is 4.72 Å². The summed E-state index contributed by atoms with van der Waals surface area (Å²) in [5.41, 5.74) is -0.319. The van der Waals surface area contributed by atoms with Gasteiger partial charge in [-0.2, -0.15) is 18.3 Å². The Kier molecular flexibility index (Phi) is 6.71. The average molecular weight is 560 g/mol. The quantitative estimate of drug-likeness (QED) is 0.306. The molecule has 0 atom stereocenters. The van der Waals surface area contributed by atoms with Crippen molar-refractivity contribution in [1.82, 2.24) is 14.5 Å². The third-order valence-electron chi connectivity index (χ3n) is 4.70. The van der Waals surface area contributed by atoms with Crippen molar-refractivity contribution in [3.8, 4) is 26.7 Å². The molecule has 0 bridgehead atoms. The van der Waals surface area contributed by atoms with Crippen LogP contribution in [-0.4, -0.2) is 24.1 Å². The summed E-state index contributed by atoms with van der Waals surface area (Å²) >= 11 is 13.4. The second kappa shape index (κ2) is 9.30. The van der Waals surface area contributed by atoms with Gasteiger partial charge in [0.2, 0.25) is 5.91 Å². The molecule has 2 aromatic heterocycles. The van der Waals surface area contributed by atoms with Crippen molar-refractivity contribution in [1.29, 1.82) is 0 Å². The van der Waals surface area contributed by atoms with Crippen molar-refractivity contribution < 1.29 is 26.4 Å². The number of carbonyl (C=O) groups is 1. The molecular formula is C22H14Cl2F3N3O3S2. The minimum Gasteiger partial charge on any atom is -0.274 e. The van der Waals surface area contributed by atoms with Gasteiger partial charge in [0, 0.05) is 16.8 Å². The molecule has 0 aliphatic carbocycles. The highest BCUT2D eigenvalue weighted by atomic mass is 35.5. The van der Waals surface area contributed by atoms with Crippen molar-refractivity contribution in [3.05, 3.63) is 76.4 Å². The molecule has 4 aromatic rings. The lowest BCUT2D eigenvalue weighted by Crippen LogP contribution is -2.28. The SMILES string of the molecule is CC(=O)NS(=O)(=O)c1cccc(-c2ccc(-c3cc(C(F)(F)F)nn3-c3cc(Cl)ccc3Cl)s2)c1. The van der Waals surface area contributed by atoms with E-state index in [1.54, 1.807) is 18.2 Å². The number of hydrogen-bond donors (Lipinski definition) is 1. The molecule has 0 saturated heterocycles. The Bertz CT molecular complexity index is 1550. The van der Waals surface area contributed by atoms with Gasteiger partial charge in [-0.05, 0) is 54.1 Å². The van der Waals surface area contributed by atoms with Gasteiger partial charge in [-0.15, -0.1) is 11.3 Å². The van der Waals surface area contributed by atoms with Gasteiger partial charge in [0.15, 0.2) is 5.69 Å². The number of alkyl halides is 3. The maximum atomic E-state index is 13.5. The minimum absolute atomic E-state index is 0.125. The molecule has 0 spiro atoms. The number of hydrogen-bond acceptors (Lipinski definition) is 5. The summed E-state index contributed by atoms with van der Waals surface area (Å²) in [6.45, 7) is 1.08. The Hall–Kier alpha value is -2.86. The molecule has 182 valence electrons. The van der Waals surface area contributed by atoms with E-state index in [1.807, 2.05) is 4.72 Å². The molecular weight excluding hydrogens is 546 g/mol. The van der Waals surface area contributed by atoms with Crippen molar-refractivity contribution in [2.24, 2.45) is 0 Å². The molecule has 0 fully saturated rings. The zero-order valence-electron chi connectivity index (χ0n) is 17.6. The molecule has 35 heavy (non-hydrogen) atoms. The summed E-state index contributed by atoms with van der Waals surface area (Å²) in [6.07, 6.45) is -4.70. The fourth-order valence-electron chi connectivity index (χ4n) is 3.22. The zero-order valence-corrected chi connectivity index (χ0v) is 20.7. The van der Waals surface area contributed by atoms with Gasteiger partial charge >= 0.3 is 6.18 Å². The summed E-state index contributed by atoms with van der Waals surface area (Å²) in [5.74, 6) is -0.734. The lowest BCUT2D eigenvalue weighted by atomic mass is 10.2. The van der Waals surface area contributed by atoms with E-state index in [4.69, 9.17) is 23.2 Å². The van der Waals surface area contributed by atoms with Crippen LogP contribution in [0.5, 0.6) is 0 Å². The van der Waals surface area contributed by atoms with E-state index in [0.717, 1.165) is 29.0 Å². The van der Waals surface area contributed by atoms with Gasteiger partial charge in [-0.25, -0.2) is 17.8 Å². The fourth-order valence-corrected chi connectivity index (χ4v) is 5.63.